The first-order valence-electron chi connectivity index (χ1n) is 11.2. The second-order valence-electron chi connectivity index (χ2n) is 8.14. The van der Waals surface area contributed by atoms with E-state index in [-0.39, 0.29) is 5.91 Å². The average Bonchev–Trinajstić information content (AvgIpc) is 3.02. The van der Waals surface area contributed by atoms with E-state index in [0.717, 1.165) is 76.8 Å². The summed E-state index contributed by atoms with van der Waals surface area (Å²) < 4.78 is 5.66. The molecule has 0 unspecified atom stereocenters. The van der Waals surface area contributed by atoms with Gasteiger partial charge in [-0.25, -0.2) is 4.98 Å². The molecule has 0 spiro atoms. The SMILES string of the molecule is CCCCN1CCCN(C(=O)c2sc(-c3c(OC)ccc4ccccc34)nc2C)CC1. The molecule has 0 saturated carbocycles. The van der Waals surface area contributed by atoms with Crippen LogP contribution in [0.5, 0.6) is 5.75 Å². The molecule has 1 aromatic heterocycles. The van der Waals surface area contributed by atoms with Crippen molar-refractivity contribution in [3.63, 3.8) is 0 Å². The number of hydrogen-bond acceptors (Lipinski definition) is 5. The average molecular weight is 438 g/mol. The zero-order valence-electron chi connectivity index (χ0n) is 18.7. The van der Waals surface area contributed by atoms with Gasteiger partial charge in [-0.3, -0.25) is 4.79 Å². The van der Waals surface area contributed by atoms with Gasteiger partial charge in [0.25, 0.3) is 5.91 Å². The quantitative estimate of drug-likeness (QED) is 0.530. The molecule has 0 aliphatic carbocycles. The van der Waals surface area contributed by atoms with E-state index in [1.54, 1.807) is 7.11 Å². The molecule has 31 heavy (non-hydrogen) atoms. The number of aromatic nitrogens is 1. The molecule has 1 aliphatic heterocycles. The standard InChI is InChI=1S/C25H31N3O2S/c1-4-5-13-27-14-8-15-28(17-16-27)25(29)23-18(2)26-24(31-23)22-20-10-7-6-9-19(20)11-12-21(22)30-3/h6-7,9-12H,4-5,8,13-17H2,1-3H3. The largest absolute Gasteiger partial charge is 0.496 e. The van der Waals surface area contributed by atoms with Crippen molar-refractivity contribution in [3.05, 3.63) is 47.0 Å². The molecule has 0 radical (unpaired) electrons. The fourth-order valence-corrected chi connectivity index (χ4v) is 5.37. The van der Waals surface area contributed by atoms with Crippen molar-refractivity contribution in [2.24, 2.45) is 0 Å². The normalized spacial score (nSPS) is 15.3. The van der Waals surface area contributed by atoms with Gasteiger partial charge >= 0.3 is 0 Å². The van der Waals surface area contributed by atoms with Gasteiger partial charge in [0.15, 0.2) is 0 Å². The highest BCUT2D eigenvalue weighted by atomic mass is 32.1. The Kier molecular flexibility index (Phi) is 6.88. The van der Waals surface area contributed by atoms with Crippen LogP contribution < -0.4 is 4.74 Å². The molecule has 1 amide bonds. The summed E-state index contributed by atoms with van der Waals surface area (Å²) in [4.78, 5) is 23.5. The number of fused-ring (bicyclic) bond motifs is 1. The molecule has 5 nitrogen and oxygen atoms in total. The number of carbonyl (C=O) groups is 1. The third-order valence-corrected chi connectivity index (χ3v) is 7.18. The van der Waals surface area contributed by atoms with Crippen LogP contribution >= 0.6 is 11.3 Å². The first-order valence-corrected chi connectivity index (χ1v) is 12.0. The lowest BCUT2D eigenvalue weighted by atomic mass is 10.0. The maximum atomic E-state index is 13.4. The molecular weight excluding hydrogens is 406 g/mol. The summed E-state index contributed by atoms with van der Waals surface area (Å²) in [7, 11) is 1.68. The Hall–Kier alpha value is -2.44. The van der Waals surface area contributed by atoms with E-state index in [1.165, 1.54) is 24.2 Å². The van der Waals surface area contributed by atoms with E-state index in [2.05, 4.69) is 30.0 Å². The zero-order chi connectivity index (χ0) is 21.8. The smallest absolute Gasteiger partial charge is 0.265 e. The number of amides is 1. The Morgan fingerprint density at radius 3 is 2.77 bits per heavy atom. The minimum absolute atomic E-state index is 0.109. The Morgan fingerprint density at radius 1 is 1.13 bits per heavy atom. The summed E-state index contributed by atoms with van der Waals surface area (Å²) in [6, 6.07) is 12.3. The third kappa shape index (κ3) is 4.60. The molecule has 1 saturated heterocycles. The number of nitrogens with zero attached hydrogens (tertiary/aromatic N) is 3. The number of unbranched alkanes of at least 4 members (excludes halogenated alkanes) is 1. The second kappa shape index (κ2) is 9.79. The summed E-state index contributed by atoms with van der Waals surface area (Å²) in [6.45, 7) is 8.91. The van der Waals surface area contributed by atoms with Crippen LogP contribution in [0.25, 0.3) is 21.3 Å². The van der Waals surface area contributed by atoms with Crippen LogP contribution in [-0.4, -0.2) is 60.5 Å². The van der Waals surface area contributed by atoms with Crippen LogP contribution in [0.4, 0.5) is 0 Å². The first kappa shape index (κ1) is 21.8. The van der Waals surface area contributed by atoms with E-state index in [1.807, 2.05) is 30.0 Å². The third-order valence-electron chi connectivity index (χ3n) is 6.02. The second-order valence-corrected chi connectivity index (χ2v) is 9.14. The molecule has 0 N–H and O–H groups in total. The molecule has 0 atom stereocenters. The Labute approximate surface area is 188 Å². The fraction of sp³-hybridized carbons (Fsp3) is 0.440. The fourth-order valence-electron chi connectivity index (χ4n) is 4.27. The minimum atomic E-state index is 0.109. The lowest BCUT2D eigenvalue weighted by Crippen LogP contribution is -2.35. The van der Waals surface area contributed by atoms with E-state index in [9.17, 15) is 4.79 Å². The van der Waals surface area contributed by atoms with Gasteiger partial charge in [-0.15, -0.1) is 11.3 Å². The Morgan fingerprint density at radius 2 is 1.97 bits per heavy atom. The highest BCUT2D eigenvalue weighted by Gasteiger charge is 2.25. The van der Waals surface area contributed by atoms with Crippen molar-refractivity contribution >= 4 is 28.0 Å². The number of hydrogen-bond donors (Lipinski definition) is 0. The maximum Gasteiger partial charge on any atom is 0.265 e. The van der Waals surface area contributed by atoms with Crippen LogP contribution in [0.1, 0.15) is 41.6 Å². The molecule has 0 bridgehead atoms. The molecule has 164 valence electrons. The monoisotopic (exact) mass is 437 g/mol. The van der Waals surface area contributed by atoms with Crippen molar-refractivity contribution in [2.45, 2.75) is 33.1 Å². The molecule has 6 heteroatoms. The summed E-state index contributed by atoms with van der Waals surface area (Å²) in [5, 5.41) is 3.07. The minimum Gasteiger partial charge on any atom is -0.496 e. The Balaban J connectivity index is 1.62. The van der Waals surface area contributed by atoms with Gasteiger partial charge < -0.3 is 14.5 Å². The number of ether oxygens (including phenoxy) is 1. The zero-order valence-corrected chi connectivity index (χ0v) is 19.5. The van der Waals surface area contributed by atoms with Gasteiger partial charge in [-0.2, -0.15) is 0 Å². The van der Waals surface area contributed by atoms with E-state index < -0.39 is 0 Å². The van der Waals surface area contributed by atoms with Crippen molar-refractivity contribution < 1.29 is 9.53 Å². The Bertz CT molecular complexity index is 1060. The highest BCUT2D eigenvalue weighted by Crippen LogP contribution is 2.40. The van der Waals surface area contributed by atoms with Gasteiger partial charge in [-0.1, -0.05) is 43.7 Å². The van der Waals surface area contributed by atoms with E-state index >= 15 is 0 Å². The number of thiazole rings is 1. The molecule has 2 aromatic carbocycles. The first-order chi connectivity index (χ1) is 15.1. The van der Waals surface area contributed by atoms with Crippen LogP contribution in [0.15, 0.2) is 36.4 Å². The number of aryl methyl sites for hydroxylation is 1. The van der Waals surface area contributed by atoms with Gasteiger partial charge in [0.1, 0.15) is 15.6 Å². The van der Waals surface area contributed by atoms with Crippen LogP contribution in [0.3, 0.4) is 0 Å². The van der Waals surface area contributed by atoms with E-state index in [0.29, 0.717) is 0 Å². The van der Waals surface area contributed by atoms with Crippen molar-refractivity contribution in [1.82, 2.24) is 14.8 Å². The van der Waals surface area contributed by atoms with Gasteiger partial charge in [0, 0.05) is 19.6 Å². The van der Waals surface area contributed by atoms with Crippen LogP contribution in [-0.2, 0) is 0 Å². The lowest BCUT2D eigenvalue weighted by molar-refractivity contribution is 0.0765. The number of methoxy groups -OCH3 is 1. The molecule has 3 aromatic rings. The predicted molar refractivity (Wildman–Crippen MR) is 128 cm³/mol. The number of benzene rings is 2. The van der Waals surface area contributed by atoms with Crippen LogP contribution in [0, 0.1) is 6.92 Å². The summed E-state index contributed by atoms with van der Waals surface area (Å²) in [6.07, 6.45) is 3.45. The summed E-state index contributed by atoms with van der Waals surface area (Å²) in [5.74, 6) is 0.894. The van der Waals surface area contributed by atoms with Gasteiger partial charge in [0.05, 0.1) is 18.4 Å². The molecular formula is C25H31N3O2S. The lowest BCUT2D eigenvalue weighted by Gasteiger charge is -2.21. The van der Waals surface area contributed by atoms with E-state index in [4.69, 9.17) is 9.72 Å². The van der Waals surface area contributed by atoms with Gasteiger partial charge in [0.2, 0.25) is 0 Å². The summed E-state index contributed by atoms with van der Waals surface area (Å²) in [5.41, 5.74) is 1.77. The highest BCUT2D eigenvalue weighted by molar-refractivity contribution is 7.17. The number of carbonyl (C=O) groups excluding carboxylic acids is 1. The maximum absolute atomic E-state index is 13.4. The topological polar surface area (TPSA) is 45.7 Å². The van der Waals surface area contributed by atoms with Gasteiger partial charge in [-0.05, 0) is 49.7 Å². The van der Waals surface area contributed by atoms with Crippen molar-refractivity contribution in [3.8, 4) is 16.3 Å². The van der Waals surface area contributed by atoms with Crippen LogP contribution in [0.2, 0.25) is 0 Å². The molecule has 1 fully saturated rings. The van der Waals surface area contributed by atoms with Crippen molar-refractivity contribution in [1.29, 1.82) is 0 Å². The molecule has 1 aliphatic rings. The molecule has 4 rings (SSSR count). The predicted octanol–water partition coefficient (Wildman–Crippen LogP) is 5.23. The number of rotatable bonds is 6. The summed E-state index contributed by atoms with van der Waals surface area (Å²) >= 11 is 1.48. The molecule has 2 heterocycles. The van der Waals surface area contributed by atoms with Crippen molar-refractivity contribution in [2.75, 3.05) is 39.8 Å².